The molecular formula is C13H17ClN2O3S. The van der Waals surface area contributed by atoms with Crippen LogP contribution in [-0.4, -0.2) is 38.4 Å². The maximum Gasteiger partial charge on any atom is 0.234 e. The van der Waals surface area contributed by atoms with E-state index in [-0.39, 0.29) is 30.0 Å². The van der Waals surface area contributed by atoms with Gasteiger partial charge in [-0.05, 0) is 18.1 Å². The Morgan fingerprint density at radius 3 is 2.75 bits per heavy atom. The van der Waals surface area contributed by atoms with E-state index in [9.17, 15) is 13.2 Å². The van der Waals surface area contributed by atoms with E-state index in [1.165, 1.54) is 0 Å². The van der Waals surface area contributed by atoms with Crippen LogP contribution >= 0.6 is 11.6 Å². The van der Waals surface area contributed by atoms with Crippen molar-refractivity contribution in [2.24, 2.45) is 0 Å². The van der Waals surface area contributed by atoms with Crippen LogP contribution in [0.2, 0.25) is 5.02 Å². The minimum Gasteiger partial charge on any atom is -0.351 e. The number of hydrogen-bond acceptors (Lipinski definition) is 4. The smallest absolute Gasteiger partial charge is 0.234 e. The molecule has 1 atom stereocenters. The van der Waals surface area contributed by atoms with Gasteiger partial charge in [0.15, 0.2) is 9.84 Å². The predicted octanol–water partition coefficient (Wildman–Crippen LogP) is 0.733. The van der Waals surface area contributed by atoms with Crippen LogP contribution in [0.3, 0.4) is 0 Å². The summed E-state index contributed by atoms with van der Waals surface area (Å²) in [5.41, 5.74) is 0.853. The van der Waals surface area contributed by atoms with E-state index < -0.39 is 9.84 Å². The summed E-state index contributed by atoms with van der Waals surface area (Å²) < 4.78 is 22.6. The highest BCUT2D eigenvalue weighted by Crippen LogP contribution is 2.14. The van der Waals surface area contributed by atoms with Gasteiger partial charge in [-0.15, -0.1) is 0 Å². The Hall–Kier alpha value is -1.11. The topological polar surface area (TPSA) is 75.3 Å². The highest BCUT2D eigenvalue weighted by Gasteiger charge is 2.27. The zero-order valence-electron chi connectivity index (χ0n) is 10.9. The van der Waals surface area contributed by atoms with Crippen molar-refractivity contribution in [2.75, 3.05) is 18.1 Å². The summed E-state index contributed by atoms with van der Waals surface area (Å²) in [6.07, 6.45) is 0.570. The van der Waals surface area contributed by atoms with Crippen LogP contribution in [0, 0.1) is 0 Å². The van der Waals surface area contributed by atoms with Crippen molar-refractivity contribution in [3.63, 3.8) is 0 Å². The maximum atomic E-state index is 11.7. The van der Waals surface area contributed by atoms with Crippen molar-refractivity contribution < 1.29 is 13.2 Å². The van der Waals surface area contributed by atoms with Gasteiger partial charge in [0.1, 0.15) is 0 Å². The fraction of sp³-hybridized carbons (Fsp3) is 0.462. The molecule has 5 nitrogen and oxygen atoms in total. The van der Waals surface area contributed by atoms with Crippen LogP contribution in [0.1, 0.15) is 12.0 Å². The normalized spacial score (nSPS) is 20.8. The molecule has 1 heterocycles. The Labute approximate surface area is 123 Å². The van der Waals surface area contributed by atoms with Crippen molar-refractivity contribution in [3.05, 3.63) is 34.9 Å². The van der Waals surface area contributed by atoms with Gasteiger partial charge in [-0.3, -0.25) is 4.79 Å². The first-order valence-corrected chi connectivity index (χ1v) is 8.60. The molecular weight excluding hydrogens is 300 g/mol. The molecule has 2 rings (SSSR count). The van der Waals surface area contributed by atoms with Gasteiger partial charge < -0.3 is 10.6 Å². The summed E-state index contributed by atoms with van der Waals surface area (Å²) >= 11 is 5.99. The average molecular weight is 317 g/mol. The highest BCUT2D eigenvalue weighted by molar-refractivity contribution is 7.91. The second-order valence-corrected chi connectivity index (χ2v) is 7.48. The van der Waals surface area contributed by atoms with E-state index in [2.05, 4.69) is 10.6 Å². The Kier molecular flexibility index (Phi) is 5.01. The number of amides is 1. The van der Waals surface area contributed by atoms with Gasteiger partial charge >= 0.3 is 0 Å². The largest absolute Gasteiger partial charge is 0.351 e. The third-order valence-corrected chi connectivity index (χ3v) is 5.35. The third kappa shape index (κ3) is 4.47. The second-order valence-electron chi connectivity index (χ2n) is 4.85. The molecule has 2 N–H and O–H groups in total. The Morgan fingerprint density at radius 2 is 2.10 bits per heavy atom. The van der Waals surface area contributed by atoms with Gasteiger partial charge in [-0.1, -0.05) is 29.8 Å². The molecule has 1 unspecified atom stereocenters. The van der Waals surface area contributed by atoms with Crippen LogP contribution in [0.5, 0.6) is 0 Å². The number of nitrogens with one attached hydrogen (secondary N) is 2. The monoisotopic (exact) mass is 316 g/mol. The molecule has 7 heteroatoms. The molecule has 20 heavy (non-hydrogen) atoms. The first kappa shape index (κ1) is 15.3. The number of benzene rings is 1. The second kappa shape index (κ2) is 6.56. The third-order valence-electron chi connectivity index (χ3n) is 3.22. The van der Waals surface area contributed by atoms with Crippen LogP contribution in [0.15, 0.2) is 24.3 Å². The molecule has 1 aliphatic heterocycles. The summed E-state index contributed by atoms with van der Waals surface area (Å²) in [4.78, 5) is 11.7. The van der Waals surface area contributed by atoms with Gasteiger partial charge in [0.05, 0.1) is 18.1 Å². The highest BCUT2D eigenvalue weighted by atomic mass is 35.5. The fourth-order valence-electron chi connectivity index (χ4n) is 2.09. The summed E-state index contributed by atoms with van der Waals surface area (Å²) in [7, 11) is -2.92. The van der Waals surface area contributed by atoms with E-state index in [0.717, 1.165) is 5.56 Å². The van der Waals surface area contributed by atoms with Gasteiger partial charge in [-0.2, -0.15) is 0 Å². The van der Waals surface area contributed by atoms with Crippen LogP contribution in [0.25, 0.3) is 0 Å². The molecule has 110 valence electrons. The molecule has 1 saturated heterocycles. The molecule has 0 bridgehead atoms. The van der Waals surface area contributed by atoms with Gasteiger partial charge in [0, 0.05) is 17.6 Å². The van der Waals surface area contributed by atoms with Crippen molar-refractivity contribution in [1.82, 2.24) is 10.6 Å². The molecule has 1 aliphatic rings. The predicted molar refractivity (Wildman–Crippen MR) is 78.4 cm³/mol. The Balaban J connectivity index is 1.73. The molecule has 1 amide bonds. The van der Waals surface area contributed by atoms with Gasteiger partial charge in [-0.25, -0.2) is 8.42 Å². The number of sulfone groups is 1. The summed E-state index contributed by atoms with van der Waals surface area (Å²) in [5.74, 6) is 0.144. The molecule has 1 aromatic rings. The first-order valence-electron chi connectivity index (χ1n) is 6.40. The lowest BCUT2D eigenvalue weighted by Crippen LogP contribution is -2.39. The standard InChI is InChI=1S/C13H17ClN2O3S/c14-12-4-2-1-3-10(12)7-16-13(17)8-15-11-5-6-20(18,19)9-11/h1-4,11,15H,5-9H2,(H,16,17). The zero-order chi connectivity index (χ0) is 14.6. The Bertz CT molecular complexity index is 589. The molecule has 0 aromatic heterocycles. The molecule has 0 saturated carbocycles. The SMILES string of the molecule is O=C(CNC1CCS(=O)(=O)C1)NCc1ccccc1Cl. The molecule has 0 spiro atoms. The number of hydrogen-bond donors (Lipinski definition) is 2. The van der Waals surface area contributed by atoms with Gasteiger partial charge in [0.2, 0.25) is 5.91 Å². The van der Waals surface area contributed by atoms with Crippen molar-refractivity contribution in [1.29, 1.82) is 0 Å². The number of rotatable bonds is 5. The van der Waals surface area contributed by atoms with E-state index >= 15 is 0 Å². The van der Waals surface area contributed by atoms with E-state index in [0.29, 0.717) is 18.0 Å². The van der Waals surface area contributed by atoms with Crippen molar-refractivity contribution in [2.45, 2.75) is 19.0 Å². The van der Waals surface area contributed by atoms with Crippen LogP contribution in [-0.2, 0) is 21.2 Å². The van der Waals surface area contributed by atoms with E-state index in [1.807, 2.05) is 18.2 Å². The summed E-state index contributed by atoms with van der Waals surface area (Å²) in [6, 6.07) is 7.18. The minimum absolute atomic E-state index is 0.116. The molecule has 0 aliphatic carbocycles. The van der Waals surface area contributed by atoms with Crippen LogP contribution < -0.4 is 10.6 Å². The lowest BCUT2D eigenvalue weighted by molar-refractivity contribution is -0.120. The number of carbonyl (C=O) groups excluding carboxylic acids is 1. The molecule has 1 fully saturated rings. The van der Waals surface area contributed by atoms with E-state index in [1.54, 1.807) is 6.07 Å². The minimum atomic E-state index is -2.92. The lowest BCUT2D eigenvalue weighted by Gasteiger charge is -2.11. The van der Waals surface area contributed by atoms with Crippen molar-refractivity contribution >= 4 is 27.3 Å². The summed E-state index contributed by atoms with van der Waals surface area (Å²) in [6.45, 7) is 0.480. The molecule has 1 aromatic carbocycles. The number of carbonyl (C=O) groups is 1. The number of halogens is 1. The zero-order valence-corrected chi connectivity index (χ0v) is 12.5. The Morgan fingerprint density at radius 1 is 1.35 bits per heavy atom. The summed E-state index contributed by atoms with van der Waals surface area (Å²) in [5, 5.41) is 6.33. The average Bonchev–Trinajstić information content (AvgIpc) is 2.75. The van der Waals surface area contributed by atoms with Crippen molar-refractivity contribution in [3.8, 4) is 0 Å². The fourth-order valence-corrected chi connectivity index (χ4v) is 4.00. The van der Waals surface area contributed by atoms with Crippen LogP contribution in [0.4, 0.5) is 0 Å². The molecule has 0 radical (unpaired) electrons. The van der Waals surface area contributed by atoms with E-state index in [4.69, 9.17) is 11.6 Å². The lowest BCUT2D eigenvalue weighted by atomic mass is 10.2. The van der Waals surface area contributed by atoms with Gasteiger partial charge in [0.25, 0.3) is 0 Å². The first-order chi connectivity index (χ1) is 9.46. The maximum absolute atomic E-state index is 11.7. The quantitative estimate of drug-likeness (QED) is 0.840.